The Bertz CT molecular complexity index is 507. The fourth-order valence-electron chi connectivity index (χ4n) is 3.31. The average Bonchev–Trinajstić information content (AvgIpc) is 3.07. The number of aliphatic imine (C=N–C) groups is 1. The molecule has 0 aliphatic carbocycles. The standard InChI is InChI=1S/C19H32N4O.HI/c1-5-22(6-2)17-12-13-23(15-17)19(20-4)21-14-16(3)24-18-10-8-7-9-11-18;/h7-11,16-17H,5-6,12-15H2,1-4H3,(H,20,21);1H. The van der Waals surface area contributed by atoms with Crippen molar-refractivity contribution in [3.63, 3.8) is 0 Å². The molecule has 1 saturated heterocycles. The Kier molecular flexibility index (Phi) is 10.2. The Morgan fingerprint density at radius 1 is 1.32 bits per heavy atom. The number of likely N-dealkylation sites (N-methyl/N-ethyl adjacent to an activating group) is 1. The topological polar surface area (TPSA) is 40.1 Å². The predicted octanol–water partition coefficient (Wildman–Crippen LogP) is 3.06. The number of rotatable bonds is 7. The van der Waals surface area contributed by atoms with E-state index in [0.717, 1.165) is 44.4 Å². The molecule has 0 spiro atoms. The van der Waals surface area contributed by atoms with Crippen molar-refractivity contribution in [1.29, 1.82) is 0 Å². The molecule has 25 heavy (non-hydrogen) atoms. The Hall–Kier alpha value is -1.02. The van der Waals surface area contributed by atoms with Gasteiger partial charge in [-0.25, -0.2) is 0 Å². The van der Waals surface area contributed by atoms with Gasteiger partial charge in [-0.2, -0.15) is 0 Å². The van der Waals surface area contributed by atoms with Crippen LogP contribution in [0.1, 0.15) is 27.2 Å². The molecule has 0 aromatic heterocycles. The summed E-state index contributed by atoms with van der Waals surface area (Å²) in [5.74, 6) is 1.89. The van der Waals surface area contributed by atoms with Crippen LogP contribution in [0.25, 0.3) is 0 Å². The van der Waals surface area contributed by atoms with E-state index in [1.54, 1.807) is 0 Å². The largest absolute Gasteiger partial charge is 0.489 e. The second kappa shape index (κ2) is 11.6. The molecule has 1 aliphatic rings. The Morgan fingerprint density at radius 3 is 2.60 bits per heavy atom. The fourth-order valence-corrected chi connectivity index (χ4v) is 3.31. The molecule has 5 nitrogen and oxygen atoms in total. The van der Waals surface area contributed by atoms with E-state index in [4.69, 9.17) is 4.74 Å². The third-order valence-electron chi connectivity index (χ3n) is 4.63. The van der Waals surface area contributed by atoms with Crippen LogP contribution in [0.5, 0.6) is 5.75 Å². The molecule has 1 aromatic carbocycles. The number of halogens is 1. The summed E-state index contributed by atoms with van der Waals surface area (Å²) in [6.45, 7) is 11.6. The maximum atomic E-state index is 5.92. The third-order valence-corrected chi connectivity index (χ3v) is 4.63. The maximum Gasteiger partial charge on any atom is 0.193 e. The highest BCUT2D eigenvalue weighted by molar-refractivity contribution is 14.0. The molecule has 6 heteroatoms. The van der Waals surface area contributed by atoms with Crippen LogP contribution in [0.4, 0.5) is 0 Å². The van der Waals surface area contributed by atoms with Gasteiger partial charge in [-0.05, 0) is 38.6 Å². The van der Waals surface area contributed by atoms with E-state index in [2.05, 4.69) is 40.9 Å². The van der Waals surface area contributed by atoms with Crippen LogP contribution in [0.15, 0.2) is 35.3 Å². The number of likely N-dealkylation sites (tertiary alicyclic amines) is 1. The fraction of sp³-hybridized carbons (Fsp3) is 0.632. The van der Waals surface area contributed by atoms with Crippen molar-refractivity contribution in [2.45, 2.75) is 39.3 Å². The summed E-state index contributed by atoms with van der Waals surface area (Å²) in [6.07, 6.45) is 1.30. The van der Waals surface area contributed by atoms with Gasteiger partial charge in [-0.1, -0.05) is 32.0 Å². The summed E-state index contributed by atoms with van der Waals surface area (Å²) in [5, 5.41) is 3.46. The van der Waals surface area contributed by atoms with Crippen LogP contribution in [-0.2, 0) is 0 Å². The van der Waals surface area contributed by atoms with Gasteiger partial charge in [0.15, 0.2) is 5.96 Å². The highest BCUT2D eigenvalue weighted by atomic mass is 127. The SMILES string of the molecule is CCN(CC)C1CCN(C(=NC)NCC(C)Oc2ccccc2)C1.I. The Morgan fingerprint density at radius 2 is 2.00 bits per heavy atom. The maximum absolute atomic E-state index is 5.92. The van der Waals surface area contributed by atoms with Gasteiger partial charge < -0.3 is 15.0 Å². The molecule has 0 saturated carbocycles. The lowest BCUT2D eigenvalue weighted by Gasteiger charge is -2.27. The number of hydrogen-bond acceptors (Lipinski definition) is 3. The summed E-state index contributed by atoms with van der Waals surface area (Å²) in [5.41, 5.74) is 0. The van der Waals surface area contributed by atoms with Crippen molar-refractivity contribution in [2.24, 2.45) is 4.99 Å². The summed E-state index contributed by atoms with van der Waals surface area (Å²) in [6, 6.07) is 10.6. The highest BCUT2D eigenvalue weighted by Crippen LogP contribution is 2.15. The minimum atomic E-state index is 0. The molecule has 2 atom stereocenters. The first-order valence-electron chi connectivity index (χ1n) is 9.09. The molecular formula is C19H33IN4O. The zero-order valence-electron chi connectivity index (χ0n) is 15.9. The first-order valence-corrected chi connectivity index (χ1v) is 9.09. The van der Waals surface area contributed by atoms with Gasteiger partial charge in [-0.15, -0.1) is 24.0 Å². The normalized spacial score (nSPS) is 18.8. The molecule has 0 bridgehead atoms. The molecule has 1 fully saturated rings. The van der Waals surface area contributed by atoms with Crippen LogP contribution in [0.3, 0.4) is 0 Å². The molecule has 1 N–H and O–H groups in total. The van der Waals surface area contributed by atoms with Crippen molar-refractivity contribution in [3.8, 4) is 5.75 Å². The van der Waals surface area contributed by atoms with E-state index in [1.807, 2.05) is 37.4 Å². The number of para-hydroxylation sites is 1. The van der Waals surface area contributed by atoms with E-state index < -0.39 is 0 Å². The Balaban J connectivity index is 0.00000312. The number of nitrogens with one attached hydrogen (secondary N) is 1. The summed E-state index contributed by atoms with van der Waals surface area (Å²) < 4.78 is 5.92. The van der Waals surface area contributed by atoms with Crippen LogP contribution in [0.2, 0.25) is 0 Å². The first-order chi connectivity index (χ1) is 11.7. The molecule has 2 rings (SSSR count). The monoisotopic (exact) mass is 460 g/mol. The van der Waals surface area contributed by atoms with Crippen LogP contribution >= 0.6 is 24.0 Å². The molecule has 142 valence electrons. The average molecular weight is 460 g/mol. The second-order valence-corrected chi connectivity index (χ2v) is 6.28. The van der Waals surface area contributed by atoms with Crippen molar-refractivity contribution in [3.05, 3.63) is 30.3 Å². The van der Waals surface area contributed by atoms with Crippen molar-refractivity contribution in [1.82, 2.24) is 15.1 Å². The van der Waals surface area contributed by atoms with Crippen LogP contribution in [-0.4, -0.2) is 67.7 Å². The summed E-state index contributed by atoms with van der Waals surface area (Å²) in [4.78, 5) is 9.35. The molecule has 0 amide bonds. The van der Waals surface area contributed by atoms with Gasteiger partial charge in [0, 0.05) is 26.2 Å². The quantitative estimate of drug-likeness (QED) is 0.386. The van der Waals surface area contributed by atoms with Gasteiger partial charge >= 0.3 is 0 Å². The smallest absolute Gasteiger partial charge is 0.193 e. The highest BCUT2D eigenvalue weighted by Gasteiger charge is 2.28. The molecule has 1 heterocycles. The summed E-state index contributed by atoms with van der Waals surface area (Å²) >= 11 is 0. The zero-order chi connectivity index (χ0) is 17.4. The van der Waals surface area contributed by atoms with Gasteiger partial charge in [0.1, 0.15) is 11.9 Å². The predicted molar refractivity (Wildman–Crippen MR) is 116 cm³/mol. The molecule has 1 aromatic rings. The molecule has 1 aliphatic heterocycles. The van der Waals surface area contributed by atoms with Gasteiger partial charge in [-0.3, -0.25) is 9.89 Å². The molecule has 0 radical (unpaired) electrons. The minimum absolute atomic E-state index is 0. The number of nitrogens with zero attached hydrogens (tertiary/aromatic N) is 3. The van der Waals surface area contributed by atoms with E-state index >= 15 is 0 Å². The first kappa shape index (κ1) is 22.0. The van der Waals surface area contributed by atoms with Gasteiger partial charge in [0.05, 0.1) is 6.54 Å². The third kappa shape index (κ3) is 6.66. The lowest BCUT2D eigenvalue weighted by molar-refractivity contribution is 0.218. The minimum Gasteiger partial charge on any atom is -0.489 e. The van der Waals surface area contributed by atoms with Crippen molar-refractivity contribution in [2.75, 3.05) is 39.8 Å². The number of benzene rings is 1. The molecular weight excluding hydrogens is 427 g/mol. The van der Waals surface area contributed by atoms with Crippen LogP contribution < -0.4 is 10.1 Å². The van der Waals surface area contributed by atoms with Crippen LogP contribution in [0, 0.1) is 0 Å². The Labute approximate surface area is 169 Å². The second-order valence-electron chi connectivity index (χ2n) is 6.28. The van der Waals surface area contributed by atoms with Crippen molar-refractivity contribution >= 4 is 29.9 Å². The van der Waals surface area contributed by atoms with Gasteiger partial charge in [0.2, 0.25) is 0 Å². The van der Waals surface area contributed by atoms with E-state index in [0.29, 0.717) is 6.04 Å². The number of hydrogen-bond donors (Lipinski definition) is 1. The summed E-state index contributed by atoms with van der Waals surface area (Å²) in [7, 11) is 1.86. The van der Waals surface area contributed by atoms with Crippen molar-refractivity contribution < 1.29 is 4.74 Å². The zero-order valence-corrected chi connectivity index (χ0v) is 18.3. The van der Waals surface area contributed by atoms with E-state index in [-0.39, 0.29) is 30.1 Å². The molecule has 2 unspecified atom stereocenters. The lowest BCUT2D eigenvalue weighted by atomic mass is 10.2. The van der Waals surface area contributed by atoms with E-state index in [1.165, 1.54) is 6.42 Å². The number of guanidine groups is 1. The lowest BCUT2D eigenvalue weighted by Crippen LogP contribution is -2.45. The van der Waals surface area contributed by atoms with Gasteiger partial charge in [0.25, 0.3) is 0 Å². The number of ether oxygens (including phenoxy) is 1. The van der Waals surface area contributed by atoms with E-state index in [9.17, 15) is 0 Å².